The van der Waals surface area contributed by atoms with Crippen LogP contribution in [0, 0.1) is 0 Å². The second kappa shape index (κ2) is 5.44. The first kappa shape index (κ1) is 13.4. The lowest BCUT2D eigenvalue weighted by atomic mass is 9.91. The molecule has 1 aliphatic rings. The van der Waals surface area contributed by atoms with Gasteiger partial charge in [-0.1, -0.05) is 0 Å². The Morgan fingerprint density at radius 1 is 1.29 bits per heavy atom. The van der Waals surface area contributed by atoms with Gasteiger partial charge in [-0.25, -0.2) is 4.79 Å². The number of aromatic carboxylic acids is 1. The molecule has 1 aliphatic carbocycles. The van der Waals surface area contributed by atoms with Gasteiger partial charge in [-0.2, -0.15) is 0 Å². The molecule has 0 bridgehead atoms. The van der Waals surface area contributed by atoms with E-state index in [1.54, 1.807) is 12.1 Å². The second-order valence-corrected chi connectivity index (χ2v) is 4.99. The lowest BCUT2D eigenvalue weighted by molar-refractivity contribution is 0.0696. The smallest absolute Gasteiger partial charge is 0.338 e. The molecule has 21 heavy (non-hydrogen) atoms. The normalized spacial score (nSPS) is 13.8. The number of carbonyl (C=O) groups excluding carboxylic acids is 1. The van der Waals surface area contributed by atoms with Gasteiger partial charge in [-0.15, -0.1) is 0 Å². The molecule has 0 radical (unpaired) electrons. The average Bonchev–Trinajstić information content (AvgIpc) is 2.94. The van der Waals surface area contributed by atoms with Crippen LogP contribution in [-0.2, 0) is 13.0 Å². The number of furan rings is 1. The molecule has 0 unspecified atom stereocenters. The number of hydrogen-bond donors (Lipinski definition) is 1. The number of carbonyl (C=O) groups is 2. The van der Waals surface area contributed by atoms with E-state index in [4.69, 9.17) is 14.3 Å². The van der Waals surface area contributed by atoms with E-state index < -0.39 is 5.97 Å². The molecule has 0 saturated carbocycles. The topological polar surface area (TPSA) is 76.7 Å². The third kappa shape index (κ3) is 2.81. The first-order valence-electron chi connectivity index (χ1n) is 6.73. The van der Waals surface area contributed by atoms with Crippen LogP contribution in [0.2, 0.25) is 0 Å². The van der Waals surface area contributed by atoms with Gasteiger partial charge in [-0.05, 0) is 42.7 Å². The first-order chi connectivity index (χ1) is 10.1. The molecule has 1 aromatic heterocycles. The van der Waals surface area contributed by atoms with Crippen molar-refractivity contribution in [1.82, 2.24) is 0 Å². The van der Waals surface area contributed by atoms with Crippen molar-refractivity contribution in [1.29, 1.82) is 0 Å². The summed E-state index contributed by atoms with van der Waals surface area (Å²) < 4.78 is 10.7. The summed E-state index contributed by atoms with van der Waals surface area (Å²) in [6.45, 7) is 0.153. The van der Waals surface area contributed by atoms with E-state index in [1.165, 1.54) is 12.3 Å². The van der Waals surface area contributed by atoms with Crippen molar-refractivity contribution in [2.45, 2.75) is 25.9 Å². The molecule has 5 heteroatoms. The summed E-state index contributed by atoms with van der Waals surface area (Å²) in [6, 6.07) is 6.85. The molecule has 0 atom stereocenters. The number of benzene rings is 1. The van der Waals surface area contributed by atoms with Gasteiger partial charge in [0.1, 0.15) is 24.4 Å². The summed E-state index contributed by atoms with van der Waals surface area (Å²) in [7, 11) is 0. The summed E-state index contributed by atoms with van der Waals surface area (Å²) in [6.07, 6.45) is 3.54. The van der Waals surface area contributed by atoms with Crippen molar-refractivity contribution >= 4 is 11.8 Å². The Balaban J connectivity index is 1.70. The maximum absolute atomic E-state index is 11.7. The fourth-order valence-corrected chi connectivity index (χ4v) is 2.44. The van der Waals surface area contributed by atoms with E-state index in [9.17, 15) is 9.59 Å². The lowest BCUT2D eigenvalue weighted by Crippen LogP contribution is -2.10. The predicted molar refractivity (Wildman–Crippen MR) is 73.7 cm³/mol. The highest BCUT2D eigenvalue weighted by Gasteiger charge is 2.17. The highest BCUT2D eigenvalue weighted by molar-refractivity contribution is 5.98. The highest BCUT2D eigenvalue weighted by Crippen LogP contribution is 2.26. The quantitative estimate of drug-likeness (QED) is 0.934. The largest absolute Gasteiger partial charge is 0.486 e. The van der Waals surface area contributed by atoms with Gasteiger partial charge in [0.15, 0.2) is 5.78 Å². The van der Waals surface area contributed by atoms with Crippen LogP contribution in [0.1, 0.15) is 44.9 Å². The number of rotatable bonds is 4. The molecule has 1 heterocycles. The summed E-state index contributed by atoms with van der Waals surface area (Å²) >= 11 is 0. The zero-order valence-electron chi connectivity index (χ0n) is 11.3. The van der Waals surface area contributed by atoms with Gasteiger partial charge in [-0.3, -0.25) is 4.79 Å². The molecule has 2 aromatic rings. The van der Waals surface area contributed by atoms with Gasteiger partial charge in [0.05, 0.1) is 5.56 Å². The molecule has 0 aliphatic heterocycles. The van der Waals surface area contributed by atoms with Gasteiger partial charge in [0.25, 0.3) is 0 Å². The lowest BCUT2D eigenvalue weighted by Gasteiger charge is -2.15. The Hall–Kier alpha value is -2.56. The van der Waals surface area contributed by atoms with Crippen LogP contribution >= 0.6 is 0 Å². The Kier molecular flexibility index (Phi) is 3.48. The first-order valence-corrected chi connectivity index (χ1v) is 6.73. The summed E-state index contributed by atoms with van der Waals surface area (Å²) in [5.74, 6) is 0.246. The fraction of sp³-hybridized carbons (Fsp3) is 0.250. The molecule has 1 N–H and O–H groups in total. The maximum Gasteiger partial charge on any atom is 0.338 e. The molecule has 108 valence electrons. The number of carboxylic acid groups (broad SMARTS) is 1. The minimum atomic E-state index is -1.03. The summed E-state index contributed by atoms with van der Waals surface area (Å²) in [5.41, 5.74) is 1.89. The maximum atomic E-state index is 11.7. The molecule has 0 saturated heterocycles. The molecular weight excluding hydrogens is 272 g/mol. The number of hydrogen-bond acceptors (Lipinski definition) is 4. The molecule has 0 fully saturated rings. The number of fused-ring (bicyclic) bond motifs is 1. The number of Topliss-reactive ketones (excluding diaryl/α,β-unsaturated/α-hetero) is 1. The minimum Gasteiger partial charge on any atom is -0.486 e. The average molecular weight is 286 g/mol. The third-order valence-electron chi connectivity index (χ3n) is 3.51. The van der Waals surface area contributed by atoms with Crippen LogP contribution in [0.25, 0.3) is 0 Å². The number of ketones is 1. The molecule has 3 rings (SSSR count). The van der Waals surface area contributed by atoms with Crippen molar-refractivity contribution < 1.29 is 23.8 Å². The molecule has 0 amide bonds. The van der Waals surface area contributed by atoms with Crippen LogP contribution in [0.4, 0.5) is 0 Å². The van der Waals surface area contributed by atoms with Crippen molar-refractivity contribution in [2.24, 2.45) is 0 Å². The van der Waals surface area contributed by atoms with Crippen molar-refractivity contribution in [3.8, 4) is 5.75 Å². The predicted octanol–water partition coefficient (Wildman–Crippen LogP) is 3.08. The SMILES string of the molecule is O=C(O)c1coc(COc2ccc3c(c2)CCCC3=O)c1. The molecule has 0 spiro atoms. The van der Waals surface area contributed by atoms with E-state index in [0.717, 1.165) is 24.0 Å². The van der Waals surface area contributed by atoms with Crippen LogP contribution in [0.5, 0.6) is 5.75 Å². The van der Waals surface area contributed by atoms with E-state index in [-0.39, 0.29) is 18.0 Å². The minimum absolute atomic E-state index is 0.102. The molecule has 1 aromatic carbocycles. The Morgan fingerprint density at radius 3 is 2.90 bits per heavy atom. The fourth-order valence-electron chi connectivity index (χ4n) is 2.44. The molecular formula is C16H14O5. The number of carboxylic acids is 1. The monoisotopic (exact) mass is 286 g/mol. The zero-order chi connectivity index (χ0) is 14.8. The van der Waals surface area contributed by atoms with Gasteiger partial charge >= 0.3 is 5.97 Å². The molecule has 5 nitrogen and oxygen atoms in total. The van der Waals surface area contributed by atoms with Crippen LogP contribution in [0.15, 0.2) is 34.9 Å². The van der Waals surface area contributed by atoms with Crippen LogP contribution in [-0.4, -0.2) is 16.9 Å². The standard InChI is InChI=1S/C16H14O5/c17-15-3-1-2-10-6-12(4-5-14(10)15)21-9-13-7-11(8-20-13)16(18)19/h4-8H,1-3,9H2,(H,18,19). The van der Waals surface area contributed by atoms with Gasteiger partial charge < -0.3 is 14.3 Å². The number of aryl methyl sites for hydroxylation is 1. The van der Waals surface area contributed by atoms with E-state index in [1.807, 2.05) is 6.07 Å². The van der Waals surface area contributed by atoms with Gasteiger partial charge in [0.2, 0.25) is 0 Å². The van der Waals surface area contributed by atoms with E-state index in [0.29, 0.717) is 17.9 Å². The van der Waals surface area contributed by atoms with Crippen LogP contribution in [0.3, 0.4) is 0 Å². The summed E-state index contributed by atoms with van der Waals surface area (Å²) in [5, 5.41) is 8.81. The van der Waals surface area contributed by atoms with Crippen molar-refractivity contribution in [3.63, 3.8) is 0 Å². The second-order valence-electron chi connectivity index (χ2n) is 4.99. The van der Waals surface area contributed by atoms with E-state index >= 15 is 0 Å². The van der Waals surface area contributed by atoms with Crippen LogP contribution < -0.4 is 4.74 Å². The Labute approximate surface area is 121 Å². The Morgan fingerprint density at radius 2 is 2.14 bits per heavy atom. The summed E-state index contributed by atoms with van der Waals surface area (Å²) in [4.78, 5) is 22.5. The van der Waals surface area contributed by atoms with Crippen molar-refractivity contribution in [3.05, 3.63) is 53.0 Å². The van der Waals surface area contributed by atoms with Crippen molar-refractivity contribution in [2.75, 3.05) is 0 Å². The van der Waals surface area contributed by atoms with Gasteiger partial charge in [0, 0.05) is 12.0 Å². The highest BCUT2D eigenvalue weighted by atomic mass is 16.5. The number of ether oxygens (including phenoxy) is 1. The third-order valence-corrected chi connectivity index (χ3v) is 3.51. The Bertz CT molecular complexity index is 698. The van der Waals surface area contributed by atoms with E-state index in [2.05, 4.69) is 0 Å². The zero-order valence-corrected chi connectivity index (χ0v) is 11.3.